The Morgan fingerprint density at radius 1 is 1.35 bits per heavy atom. The van der Waals surface area contributed by atoms with Gasteiger partial charge in [0.05, 0.1) is 0 Å². The van der Waals surface area contributed by atoms with Crippen molar-refractivity contribution < 1.29 is 4.79 Å². The van der Waals surface area contributed by atoms with Crippen molar-refractivity contribution in [3.63, 3.8) is 0 Å². The molecule has 1 N–H and O–H groups in total. The van der Waals surface area contributed by atoms with Crippen molar-refractivity contribution in [3.8, 4) is 0 Å². The van der Waals surface area contributed by atoms with E-state index in [1.165, 1.54) is 18.4 Å². The Hall–Kier alpha value is -1.35. The Kier molecular flexibility index (Phi) is 5.60. The number of rotatable bonds is 5. The van der Waals surface area contributed by atoms with Gasteiger partial charge < -0.3 is 10.2 Å². The molecule has 0 saturated carbocycles. The SMILES string of the molecule is CCN(Cc1ccccc1)C(=O)CC1NCCCC1C. The van der Waals surface area contributed by atoms with Crippen LogP contribution in [0.4, 0.5) is 0 Å². The van der Waals surface area contributed by atoms with Gasteiger partial charge in [-0.15, -0.1) is 0 Å². The normalized spacial score (nSPS) is 22.5. The quantitative estimate of drug-likeness (QED) is 0.895. The molecule has 1 amide bonds. The first kappa shape index (κ1) is 15.0. The second-order valence-corrected chi connectivity index (χ2v) is 5.78. The van der Waals surface area contributed by atoms with Gasteiger partial charge in [-0.3, -0.25) is 4.79 Å². The van der Waals surface area contributed by atoms with E-state index in [4.69, 9.17) is 0 Å². The number of carbonyl (C=O) groups is 1. The number of nitrogens with one attached hydrogen (secondary N) is 1. The average molecular weight is 274 g/mol. The summed E-state index contributed by atoms with van der Waals surface area (Å²) in [4.78, 5) is 14.4. The van der Waals surface area contributed by atoms with Crippen LogP contribution >= 0.6 is 0 Å². The second-order valence-electron chi connectivity index (χ2n) is 5.78. The minimum atomic E-state index is 0.266. The molecule has 20 heavy (non-hydrogen) atoms. The summed E-state index contributed by atoms with van der Waals surface area (Å²) < 4.78 is 0. The highest BCUT2D eigenvalue weighted by atomic mass is 16.2. The van der Waals surface area contributed by atoms with Crippen molar-refractivity contribution in [2.45, 2.75) is 45.7 Å². The number of carbonyl (C=O) groups excluding carboxylic acids is 1. The second kappa shape index (κ2) is 7.44. The molecular weight excluding hydrogens is 248 g/mol. The van der Waals surface area contributed by atoms with Crippen molar-refractivity contribution in [1.29, 1.82) is 0 Å². The first-order valence-corrected chi connectivity index (χ1v) is 7.75. The molecule has 0 radical (unpaired) electrons. The molecule has 3 nitrogen and oxygen atoms in total. The summed E-state index contributed by atoms with van der Waals surface area (Å²) >= 11 is 0. The van der Waals surface area contributed by atoms with Crippen molar-refractivity contribution in [1.82, 2.24) is 10.2 Å². The number of hydrogen-bond donors (Lipinski definition) is 1. The molecule has 2 rings (SSSR count). The molecule has 0 spiro atoms. The number of nitrogens with zero attached hydrogens (tertiary/aromatic N) is 1. The van der Waals surface area contributed by atoms with Crippen molar-refractivity contribution in [3.05, 3.63) is 35.9 Å². The lowest BCUT2D eigenvalue weighted by atomic mass is 9.90. The van der Waals surface area contributed by atoms with Crippen LogP contribution in [0.5, 0.6) is 0 Å². The largest absolute Gasteiger partial charge is 0.339 e. The molecule has 1 aromatic rings. The monoisotopic (exact) mass is 274 g/mol. The van der Waals surface area contributed by atoms with Crippen LogP contribution in [0.3, 0.4) is 0 Å². The first-order chi connectivity index (χ1) is 9.70. The van der Waals surface area contributed by atoms with E-state index in [2.05, 4.69) is 31.3 Å². The summed E-state index contributed by atoms with van der Waals surface area (Å²) in [6.07, 6.45) is 3.09. The lowest BCUT2D eigenvalue weighted by molar-refractivity contribution is -0.132. The summed E-state index contributed by atoms with van der Waals surface area (Å²) in [6.45, 7) is 6.84. The van der Waals surface area contributed by atoms with Gasteiger partial charge in [0, 0.05) is 25.6 Å². The minimum Gasteiger partial charge on any atom is -0.339 e. The Bertz CT molecular complexity index is 418. The van der Waals surface area contributed by atoms with Crippen LogP contribution in [0.25, 0.3) is 0 Å². The molecule has 2 atom stereocenters. The van der Waals surface area contributed by atoms with Gasteiger partial charge in [0.15, 0.2) is 0 Å². The van der Waals surface area contributed by atoms with E-state index in [0.29, 0.717) is 18.4 Å². The smallest absolute Gasteiger partial charge is 0.224 e. The zero-order chi connectivity index (χ0) is 14.4. The summed E-state index contributed by atoms with van der Waals surface area (Å²) in [5, 5.41) is 3.50. The summed E-state index contributed by atoms with van der Waals surface area (Å²) in [5.74, 6) is 0.866. The van der Waals surface area contributed by atoms with E-state index in [0.717, 1.165) is 19.6 Å². The standard InChI is InChI=1S/C17H26N2O/c1-3-19(13-15-9-5-4-6-10-15)17(20)12-16-14(2)8-7-11-18-16/h4-6,9-10,14,16,18H,3,7-8,11-13H2,1-2H3. The zero-order valence-electron chi connectivity index (χ0n) is 12.6. The molecule has 1 heterocycles. The van der Waals surface area contributed by atoms with E-state index in [9.17, 15) is 4.79 Å². The molecule has 1 aromatic carbocycles. The van der Waals surface area contributed by atoms with Crippen LogP contribution in [0.1, 0.15) is 38.7 Å². The summed E-state index contributed by atoms with van der Waals surface area (Å²) in [5.41, 5.74) is 1.20. The Labute approximate surface area is 122 Å². The average Bonchev–Trinajstić information content (AvgIpc) is 2.48. The van der Waals surface area contributed by atoms with E-state index in [1.54, 1.807) is 0 Å². The van der Waals surface area contributed by atoms with Crippen molar-refractivity contribution in [2.24, 2.45) is 5.92 Å². The lowest BCUT2D eigenvalue weighted by Gasteiger charge is -2.31. The highest BCUT2D eigenvalue weighted by Crippen LogP contribution is 2.19. The topological polar surface area (TPSA) is 32.3 Å². The highest BCUT2D eigenvalue weighted by molar-refractivity contribution is 5.76. The number of piperidine rings is 1. The van der Waals surface area contributed by atoms with Gasteiger partial charge >= 0.3 is 0 Å². The predicted octanol–water partition coefficient (Wildman–Crippen LogP) is 2.81. The van der Waals surface area contributed by atoms with Gasteiger partial charge in [0.1, 0.15) is 0 Å². The molecule has 3 heteroatoms. The fourth-order valence-electron chi connectivity index (χ4n) is 2.88. The molecule has 1 fully saturated rings. The van der Waals surface area contributed by atoms with Crippen LogP contribution < -0.4 is 5.32 Å². The van der Waals surface area contributed by atoms with Gasteiger partial charge in [0.25, 0.3) is 0 Å². The fourth-order valence-corrected chi connectivity index (χ4v) is 2.88. The van der Waals surface area contributed by atoms with E-state index < -0.39 is 0 Å². The minimum absolute atomic E-state index is 0.266. The van der Waals surface area contributed by atoms with E-state index in [-0.39, 0.29) is 5.91 Å². The maximum absolute atomic E-state index is 12.5. The number of benzene rings is 1. The third-order valence-corrected chi connectivity index (χ3v) is 4.27. The van der Waals surface area contributed by atoms with Gasteiger partial charge in [-0.2, -0.15) is 0 Å². The van der Waals surface area contributed by atoms with E-state index >= 15 is 0 Å². The summed E-state index contributed by atoms with van der Waals surface area (Å²) in [7, 11) is 0. The van der Waals surface area contributed by atoms with E-state index in [1.807, 2.05) is 23.1 Å². The van der Waals surface area contributed by atoms with Crippen LogP contribution in [-0.2, 0) is 11.3 Å². The zero-order valence-corrected chi connectivity index (χ0v) is 12.6. The molecule has 1 aliphatic rings. The third-order valence-electron chi connectivity index (χ3n) is 4.27. The number of amides is 1. The maximum atomic E-state index is 12.5. The van der Waals surface area contributed by atoms with Crippen LogP contribution in [0.15, 0.2) is 30.3 Å². The molecule has 1 aliphatic heterocycles. The first-order valence-electron chi connectivity index (χ1n) is 7.75. The number of hydrogen-bond acceptors (Lipinski definition) is 2. The third kappa shape index (κ3) is 4.07. The fraction of sp³-hybridized carbons (Fsp3) is 0.588. The molecule has 0 bridgehead atoms. The maximum Gasteiger partial charge on any atom is 0.224 e. The molecule has 2 unspecified atom stereocenters. The molecule has 0 aliphatic carbocycles. The predicted molar refractivity (Wildman–Crippen MR) is 82.3 cm³/mol. The Morgan fingerprint density at radius 2 is 2.10 bits per heavy atom. The van der Waals surface area contributed by atoms with Crippen LogP contribution in [0.2, 0.25) is 0 Å². The lowest BCUT2D eigenvalue weighted by Crippen LogP contribution is -2.44. The highest BCUT2D eigenvalue weighted by Gasteiger charge is 2.25. The Balaban J connectivity index is 1.91. The molecule has 0 aromatic heterocycles. The molecule has 110 valence electrons. The van der Waals surface area contributed by atoms with Gasteiger partial charge in [-0.1, -0.05) is 37.3 Å². The van der Waals surface area contributed by atoms with Crippen LogP contribution in [0, 0.1) is 5.92 Å². The van der Waals surface area contributed by atoms with Gasteiger partial charge in [0.2, 0.25) is 5.91 Å². The summed E-state index contributed by atoms with van der Waals surface area (Å²) in [6, 6.07) is 10.6. The van der Waals surface area contributed by atoms with Crippen molar-refractivity contribution in [2.75, 3.05) is 13.1 Å². The Morgan fingerprint density at radius 3 is 2.75 bits per heavy atom. The van der Waals surface area contributed by atoms with Gasteiger partial charge in [-0.05, 0) is 37.8 Å². The molecule has 1 saturated heterocycles. The van der Waals surface area contributed by atoms with Gasteiger partial charge in [-0.25, -0.2) is 0 Å². The molecular formula is C17H26N2O. The van der Waals surface area contributed by atoms with Crippen LogP contribution in [-0.4, -0.2) is 29.9 Å². The van der Waals surface area contributed by atoms with Crippen molar-refractivity contribution >= 4 is 5.91 Å².